The number of imidazole rings is 1. The monoisotopic (exact) mass is 446 g/mol. The van der Waals surface area contributed by atoms with E-state index in [1.54, 1.807) is 31.5 Å². The molecule has 1 N–H and O–H groups in total. The zero-order valence-electron chi connectivity index (χ0n) is 18.1. The van der Waals surface area contributed by atoms with Crippen LogP contribution in [-0.4, -0.2) is 39.9 Å². The second-order valence-corrected chi connectivity index (χ2v) is 8.05. The highest BCUT2D eigenvalue weighted by Gasteiger charge is 2.20. The number of carbonyl (C=O) groups excluding carboxylic acids is 1. The molecule has 0 bridgehead atoms. The lowest BCUT2D eigenvalue weighted by Crippen LogP contribution is -2.38. The third-order valence-corrected chi connectivity index (χ3v) is 5.76. The van der Waals surface area contributed by atoms with Gasteiger partial charge in [0.15, 0.2) is 0 Å². The maximum Gasteiger partial charge on any atom is 0.251 e. The Hall–Kier alpha value is -3.78. The molecule has 0 unspecified atom stereocenters. The van der Waals surface area contributed by atoms with Gasteiger partial charge in [0, 0.05) is 42.3 Å². The van der Waals surface area contributed by atoms with Crippen molar-refractivity contribution in [1.82, 2.24) is 20.0 Å². The molecule has 4 aromatic rings. The number of hydrogen-bond donors (Lipinski definition) is 1. The van der Waals surface area contributed by atoms with Crippen LogP contribution < -0.4 is 5.32 Å². The second kappa shape index (κ2) is 8.99. The molecule has 8 heteroatoms. The van der Waals surface area contributed by atoms with Crippen molar-refractivity contribution in [2.45, 2.75) is 25.8 Å². The first-order valence-corrected chi connectivity index (χ1v) is 10.8. The highest BCUT2D eigenvalue weighted by Crippen LogP contribution is 2.33. The van der Waals surface area contributed by atoms with Gasteiger partial charge in [-0.15, -0.1) is 0 Å². The van der Waals surface area contributed by atoms with Gasteiger partial charge < -0.3 is 19.1 Å². The molecule has 0 aliphatic carbocycles. The molecule has 1 saturated heterocycles. The first-order chi connectivity index (χ1) is 16.1. The summed E-state index contributed by atoms with van der Waals surface area (Å²) in [6.45, 7) is 3.14. The summed E-state index contributed by atoms with van der Waals surface area (Å²) in [6, 6.07) is 13.7. The van der Waals surface area contributed by atoms with E-state index >= 15 is 0 Å². The molecule has 1 amide bonds. The normalized spacial score (nSPS) is 14.4. The Bertz CT molecular complexity index is 1290. The Morgan fingerprint density at radius 1 is 1.15 bits per heavy atom. The number of carbonyl (C=O) groups is 1. The summed E-state index contributed by atoms with van der Waals surface area (Å²) in [6.07, 6.45) is 5.16. The lowest BCUT2D eigenvalue weighted by atomic mass is 10.0. The van der Waals surface area contributed by atoms with Crippen LogP contribution >= 0.6 is 0 Å². The maximum absolute atomic E-state index is 13.8. The molecule has 33 heavy (non-hydrogen) atoms. The van der Waals surface area contributed by atoms with Crippen LogP contribution in [0.4, 0.5) is 4.39 Å². The number of aryl methyl sites for hydroxylation is 1. The fraction of sp³-hybridized carbons (Fsp3) is 0.240. The Balaban J connectivity index is 1.42. The van der Waals surface area contributed by atoms with E-state index in [0.717, 1.165) is 18.5 Å². The van der Waals surface area contributed by atoms with Crippen LogP contribution in [0.25, 0.3) is 28.2 Å². The van der Waals surface area contributed by atoms with E-state index in [-0.39, 0.29) is 17.8 Å². The van der Waals surface area contributed by atoms with E-state index in [9.17, 15) is 9.18 Å². The average Bonchev–Trinajstić information content (AvgIpc) is 3.46. The summed E-state index contributed by atoms with van der Waals surface area (Å²) < 4.78 is 26.3. The number of nitrogens with one attached hydrogen (secondary N) is 1. The van der Waals surface area contributed by atoms with Gasteiger partial charge in [-0.05, 0) is 50.1 Å². The van der Waals surface area contributed by atoms with Crippen LogP contribution in [-0.2, 0) is 4.74 Å². The number of benzene rings is 2. The van der Waals surface area contributed by atoms with Gasteiger partial charge in [0.25, 0.3) is 5.91 Å². The molecule has 168 valence electrons. The second-order valence-electron chi connectivity index (χ2n) is 8.05. The number of rotatable bonds is 5. The van der Waals surface area contributed by atoms with E-state index in [1.165, 1.54) is 12.1 Å². The van der Waals surface area contributed by atoms with Crippen molar-refractivity contribution in [1.29, 1.82) is 0 Å². The van der Waals surface area contributed by atoms with Crippen LogP contribution in [0.15, 0.2) is 65.6 Å². The van der Waals surface area contributed by atoms with Crippen molar-refractivity contribution in [2.24, 2.45) is 0 Å². The van der Waals surface area contributed by atoms with Crippen molar-refractivity contribution in [3.8, 4) is 28.2 Å². The fourth-order valence-electron chi connectivity index (χ4n) is 4.02. The van der Waals surface area contributed by atoms with Gasteiger partial charge in [-0.3, -0.25) is 4.79 Å². The van der Waals surface area contributed by atoms with Gasteiger partial charge in [0.2, 0.25) is 0 Å². The fourth-order valence-corrected chi connectivity index (χ4v) is 4.02. The molecule has 1 aliphatic rings. The maximum atomic E-state index is 13.8. The van der Waals surface area contributed by atoms with Gasteiger partial charge in [-0.2, -0.15) is 0 Å². The van der Waals surface area contributed by atoms with Crippen molar-refractivity contribution < 1.29 is 18.4 Å². The van der Waals surface area contributed by atoms with E-state index in [0.29, 0.717) is 47.1 Å². The first-order valence-electron chi connectivity index (χ1n) is 10.8. The number of halogens is 1. The van der Waals surface area contributed by atoms with Gasteiger partial charge in [0.05, 0.1) is 17.6 Å². The average molecular weight is 446 g/mol. The van der Waals surface area contributed by atoms with Crippen LogP contribution in [0.1, 0.15) is 29.0 Å². The minimum absolute atomic E-state index is 0.104. The van der Waals surface area contributed by atoms with Gasteiger partial charge in [-0.25, -0.2) is 9.37 Å². The smallest absolute Gasteiger partial charge is 0.251 e. The molecular weight excluding hydrogens is 423 g/mol. The molecule has 3 heterocycles. The summed E-state index contributed by atoms with van der Waals surface area (Å²) >= 11 is 0. The van der Waals surface area contributed by atoms with Gasteiger partial charge in [-0.1, -0.05) is 23.4 Å². The van der Waals surface area contributed by atoms with Crippen LogP contribution in [0, 0.1) is 12.7 Å². The lowest BCUT2D eigenvalue weighted by Gasteiger charge is -2.23. The molecule has 0 spiro atoms. The van der Waals surface area contributed by atoms with E-state index in [4.69, 9.17) is 9.26 Å². The standard InChI is InChI=1S/C25H23FN4O3/c1-16-23(24(29-33-16)17-4-2-6-19(26)12-17)22-14-30(15-27-22)21-7-3-5-18(13-21)25(31)28-20-8-10-32-11-9-20/h2-7,12-15,20H,8-11H2,1H3,(H,28,31). The van der Waals surface area contributed by atoms with Crippen molar-refractivity contribution in [3.05, 3.63) is 78.2 Å². The Morgan fingerprint density at radius 2 is 1.97 bits per heavy atom. The Labute approximate surface area is 190 Å². The predicted molar refractivity (Wildman–Crippen MR) is 120 cm³/mol. The molecule has 2 aromatic heterocycles. The zero-order chi connectivity index (χ0) is 22.8. The van der Waals surface area contributed by atoms with E-state index in [2.05, 4.69) is 15.5 Å². The SMILES string of the molecule is Cc1onc(-c2cccc(F)c2)c1-c1cn(-c2cccc(C(=O)NC3CCOCC3)c2)cn1. The van der Waals surface area contributed by atoms with Crippen LogP contribution in [0.5, 0.6) is 0 Å². The van der Waals surface area contributed by atoms with Crippen molar-refractivity contribution in [3.63, 3.8) is 0 Å². The molecule has 7 nitrogen and oxygen atoms in total. The van der Waals surface area contributed by atoms with Crippen molar-refractivity contribution in [2.75, 3.05) is 13.2 Å². The summed E-state index contributed by atoms with van der Waals surface area (Å²) in [7, 11) is 0. The van der Waals surface area contributed by atoms with Crippen LogP contribution in [0.3, 0.4) is 0 Å². The lowest BCUT2D eigenvalue weighted by molar-refractivity contribution is 0.0696. The predicted octanol–water partition coefficient (Wildman–Crippen LogP) is 4.55. The Morgan fingerprint density at radius 3 is 2.79 bits per heavy atom. The number of nitrogens with zero attached hydrogens (tertiary/aromatic N) is 3. The number of ether oxygens (including phenoxy) is 1. The largest absolute Gasteiger partial charge is 0.381 e. The molecule has 1 aliphatic heterocycles. The molecule has 0 atom stereocenters. The molecular formula is C25H23FN4O3. The highest BCUT2D eigenvalue weighted by atomic mass is 19.1. The molecule has 2 aromatic carbocycles. The topological polar surface area (TPSA) is 82.2 Å². The quantitative estimate of drug-likeness (QED) is 0.486. The van der Waals surface area contributed by atoms with E-state index < -0.39 is 0 Å². The molecule has 0 saturated carbocycles. The molecule has 0 radical (unpaired) electrons. The minimum atomic E-state index is -0.347. The molecule has 5 rings (SSSR count). The van der Waals surface area contributed by atoms with E-state index in [1.807, 2.05) is 29.0 Å². The van der Waals surface area contributed by atoms with Crippen LogP contribution in [0.2, 0.25) is 0 Å². The summed E-state index contributed by atoms with van der Waals surface area (Å²) in [5.74, 6) is 0.136. The summed E-state index contributed by atoms with van der Waals surface area (Å²) in [5.41, 5.74) is 3.87. The van der Waals surface area contributed by atoms with Crippen molar-refractivity contribution >= 4 is 5.91 Å². The Kier molecular flexibility index (Phi) is 5.75. The number of hydrogen-bond acceptors (Lipinski definition) is 5. The number of aromatic nitrogens is 3. The summed E-state index contributed by atoms with van der Waals surface area (Å²) in [4.78, 5) is 17.3. The van der Waals surface area contributed by atoms with Gasteiger partial charge >= 0.3 is 0 Å². The zero-order valence-corrected chi connectivity index (χ0v) is 18.1. The summed E-state index contributed by atoms with van der Waals surface area (Å²) in [5, 5.41) is 7.21. The minimum Gasteiger partial charge on any atom is -0.381 e. The third-order valence-electron chi connectivity index (χ3n) is 5.76. The van der Waals surface area contributed by atoms with Gasteiger partial charge in [0.1, 0.15) is 17.3 Å². The third kappa shape index (κ3) is 4.42. The highest BCUT2D eigenvalue weighted by molar-refractivity contribution is 5.95. The first kappa shape index (κ1) is 21.1. The number of amides is 1. The molecule has 1 fully saturated rings.